The lowest BCUT2D eigenvalue weighted by Crippen LogP contribution is -2.43. The second-order valence-corrected chi connectivity index (χ2v) is 4.55. The number of hydrogen-bond donors (Lipinski definition) is 1. The van der Waals surface area contributed by atoms with Crippen molar-refractivity contribution in [1.82, 2.24) is 10.2 Å². The van der Waals surface area contributed by atoms with E-state index in [1.54, 1.807) is 6.07 Å². The minimum absolute atomic E-state index is 0.0958. The zero-order chi connectivity index (χ0) is 11.5. The fourth-order valence-corrected chi connectivity index (χ4v) is 2.12. The van der Waals surface area contributed by atoms with Crippen LogP contribution in [-0.2, 0) is 6.54 Å². The Morgan fingerprint density at radius 3 is 2.56 bits per heavy atom. The van der Waals surface area contributed by atoms with Crippen molar-refractivity contribution >= 4 is 0 Å². The molecule has 0 radical (unpaired) electrons. The smallest absolute Gasteiger partial charge is 0.126 e. The van der Waals surface area contributed by atoms with Crippen LogP contribution in [-0.4, -0.2) is 31.1 Å². The van der Waals surface area contributed by atoms with Gasteiger partial charge >= 0.3 is 0 Å². The summed E-state index contributed by atoms with van der Waals surface area (Å²) in [6.45, 7) is 9.02. The summed E-state index contributed by atoms with van der Waals surface area (Å²) in [7, 11) is 0. The Labute approximate surface area is 96.5 Å². The van der Waals surface area contributed by atoms with E-state index in [-0.39, 0.29) is 5.82 Å². The molecule has 0 atom stereocenters. The van der Waals surface area contributed by atoms with Gasteiger partial charge in [0, 0.05) is 32.7 Å². The lowest BCUT2D eigenvalue weighted by Gasteiger charge is -2.27. The molecule has 88 valence electrons. The fourth-order valence-electron chi connectivity index (χ4n) is 2.12. The molecule has 2 rings (SSSR count). The molecule has 3 heteroatoms. The van der Waals surface area contributed by atoms with Gasteiger partial charge in [-0.3, -0.25) is 4.90 Å². The van der Waals surface area contributed by atoms with Crippen LogP contribution in [0.15, 0.2) is 12.1 Å². The molecule has 16 heavy (non-hydrogen) atoms. The summed E-state index contributed by atoms with van der Waals surface area (Å²) in [5, 5.41) is 3.33. The van der Waals surface area contributed by atoms with Crippen LogP contribution in [0, 0.1) is 19.7 Å². The molecule has 1 aliphatic heterocycles. The molecule has 0 spiro atoms. The Hall–Kier alpha value is -0.930. The number of piperazine rings is 1. The normalized spacial score (nSPS) is 17.7. The molecule has 2 nitrogen and oxygen atoms in total. The first-order chi connectivity index (χ1) is 7.66. The highest BCUT2D eigenvalue weighted by atomic mass is 19.1. The Morgan fingerprint density at radius 2 is 1.88 bits per heavy atom. The highest BCUT2D eigenvalue weighted by Gasteiger charge is 2.12. The van der Waals surface area contributed by atoms with Gasteiger partial charge in [-0.15, -0.1) is 0 Å². The predicted octanol–water partition coefficient (Wildman–Crippen LogP) is 1.85. The van der Waals surface area contributed by atoms with Crippen LogP contribution in [0.2, 0.25) is 0 Å². The second kappa shape index (κ2) is 4.93. The van der Waals surface area contributed by atoms with E-state index in [1.165, 1.54) is 5.56 Å². The van der Waals surface area contributed by atoms with E-state index in [2.05, 4.69) is 10.2 Å². The molecule has 1 aromatic rings. The first kappa shape index (κ1) is 11.6. The average Bonchev–Trinajstić information content (AvgIpc) is 2.27. The van der Waals surface area contributed by atoms with Crippen molar-refractivity contribution in [2.45, 2.75) is 20.4 Å². The molecule has 1 heterocycles. The summed E-state index contributed by atoms with van der Waals surface area (Å²) in [6, 6.07) is 3.62. The molecule has 1 N–H and O–H groups in total. The molecule has 0 saturated carbocycles. The number of nitrogens with zero attached hydrogens (tertiary/aromatic N) is 1. The highest BCUT2D eigenvalue weighted by Crippen LogP contribution is 2.16. The van der Waals surface area contributed by atoms with Gasteiger partial charge in [0.15, 0.2) is 0 Å². The standard InChI is InChI=1S/C13H19FN2/c1-10-8-13(14)11(2)7-12(10)9-16-5-3-15-4-6-16/h7-8,15H,3-6,9H2,1-2H3. The zero-order valence-corrected chi connectivity index (χ0v) is 10.0. The lowest BCUT2D eigenvalue weighted by atomic mass is 10.0. The van der Waals surface area contributed by atoms with Gasteiger partial charge in [-0.1, -0.05) is 6.07 Å². The van der Waals surface area contributed by atoms with Crippen molar-refractivity contribution in [1.29, 1.82) is 0 Å². The minimum Gasteiger partial charge on any atom is -0.314 e. The van der Waals surface area contributed by atoms with Crippen molar-refractivity contribution in [2.24, 2.45) is 0 Å². The Morgan fingerprint density at radius 1 is 1.19 bits per heavy atom. The average molecular weight is 222 g/mol. The number of benzene rings is 1. The lowest BCUT2D eigenvalue weighted by molar-refractivity contribution is 0.232. The maximum absolute atomic E-state index is 13.3. The number of halogens is 1. The molecule has 0 amide bonds. The summed E-state index contributed by atoms with van der Waals surface area (Å²) in [6.07, 6.45) is 0. The summed E-state index contributed by atoms with van der Waals surface area (Å²) >= 11 is 0. The van der Waals surface area contributed by atoms with E-state index in [0.29, 0.717) is 0 Å². The molecular weight excluding hydrogens is 203 g/mol. The van der Waals surface area contributed by atoms with Gasteiger partial charge in [0.05, 0.1) is 0 Å². The van der Waals surface area contributed by atoms with Gasteiger partial charge in [-0.2, -0.15) is 0 Å². The van der Waals surface area contributed by atoms with Crippen molar-refractivity contribution in [3.63, 3.8) is 0 Å². The first-order valence-electron chi connectivity index (χ1n) is 5.85. The number of aryl methyl sites for hydroxylation is 2. The van der Waals surface area contributed by atoms with E-state index in [4.69, 9.17) is 0 Å². The van der Waals surface area contributed by atoms with Crippen LogP contribution in [0.3, 0.4) is 0 Å². The van der Waals surface area contributed by atoms with Crippen LogP contribution in [0.4, 0.5) is 4.39 Å². The van der Waals surface area contributed by atoms with E-state index in [0.717, 1.165) is 43.9 Å². The largest absolute Gasteiger partial charge is 0.314 e. The number of nitrogens with one attached hydrogen (secondary N) is 1. The molecule has 1 saturated heterocycles. The summed E-state index contributed by atoms with van der Waals surface area (Å²) in [4.78, 5) is 2.41. The zero-order valence-electron chi connectivity index (χ0n) is 10.0. The minimum atomic E-state index is -0.0958. The summed E-state index contributed by atoms with van der Waals surface area (Å²) in [5.74, 6) is -0.0958. The van der Waals surface area contributed by atoms with Gasteiger partial charge in [0.2, 0.25) is 0 Å². The third-order valence-electron chi connectivity index (χ3n) is 3.22. The van der Waals surface area contributed by atoms with E-state index in [1.807, 2.05) is 19.9 Å². The molecule has 1 aromatic carbocycles. The number of hydrogen-bond acceptors (Lipinski definition) is 2. The first-order valence-corrected chi connectivity index (χ1v) is 5.85. The highest BCUT2D eigenvalue weighted by molar-refractivity contribution is 5.31. The molecule has 1 aliphatic rings. The van der Waals surface area contributed by atoms with Crippen LogP contribution in [0.1, 0.15) is 16.7 Å². The van der Waals surface area contributed by atoms with Crippen LogP contribution >= 0.6 is 0 Å². The quantitative estimate of drug-likeness (QED) is 0.821. The van der Waals surface area contributed by atoms with Gasteiger partial charge in [-0.25, -0.2) is 4.39 Å². The van der Waals surface area contributed by atoms with Gasteiger partial charge in [-0.05, 0) is 36.6 Å². The maximum Gasteiger partial charge on any atom is 0.126 e. The fraction of sp³-hybridized carbons (Fsp3) is 0.538. The summed E-state index contributed by atoms with van der Waals surface area (Å²) < 4.78 is 13.3. The van der Waals surface area contributed by atoms with Crippen molar-refractivity contribution in [3.8, 4) is 0 Å². The van der Waals surface area contributed by atoms with Crippen LogP contribution in [0.5, 0.6) is 0 Å². The number of rotatable bonds is 2. The van der Waals surface area contributed by atoms with E-state index in [9.17, 15) is 4.39 Å². The Balaban J connectivity index is 2.11. The van der Waals surface area contributed by atoms with Gasteiger partial charge in [0.1, 0.15) is 5.82 Å². The third kappa shape index (κ3) is 2.60. The Bertz CT molecular complexity index is 370. The topological polar surface area (TPSA) is 15.3 Å². The van der Waals surface area contributed by atoms with Crippen LogP contribution in [0.25, 0.3) is 0 Å². The van der Waals surface area contributed by atoms with Crippen molar-refractivity contribution in [2.75, 3.05) is 26.2 Å². The molecular formula is C13H19FN2. The molecule has 0 bridgehead atoms. The SMILES string of the molecule is Cc1cc(CN2CCNCC2)c(C)cc1F. The molecule has 1 fully saturated rings. The predicted molar refractivity (Wildman–Crippen MR) is 64.0 cm³/mol. The van der Waals surface area contributed by atoms with Crippen molar-refractivity contribution in [3.05, 3.63) is 34.6 Å². The van der Waals surface area contributed by atoms with E-state index < -0.39 is 0 Å². The second-order valence-electron chi connectivity index (χ2n) is 4.55. The third-order valence-corrected chi connectivity index (χ3v) is 3.22. The van der Waals surface area contributed by atoms with Crippen LogP contribution < -0.4 is 5.32 Å². The molecule has 0 aliphatic carbocycles. The summed E-state index contributed by atoms with van der Waals surface area (Å²) in [5.41, 5.74) is 3.05. The molecule has 0 aromatic heterocycles. The van der Waals surface area contributed by atoms with Gasteiger partial charge < -0.3 is 5.32 Å². The monoisotopic (exact) mass is 222 g/mol. The Kier molecular flexibility index (Phi) is 3.56. The maximum atomic E-state index is 13.3. The van der Waals surface area contributed by atoms with E-state index >= 15 is 0 Å². The van der Waals surface area contributed by atoms with Gasteiger partial charge in [0.25, 0.3) is 0 Å². The molecule has 0 unspecified atom stereocenters. The van der Waals surface area contributed by atoms with Crippen molar-refractivity contribution < 1.29 is 4.39 Å².